The zero-order valence-electron chi connectivity index (χ0n) is 10.6. The number of fused-ring (bicyclic) bond motifs is 2. The van der Waals surface area contributed by atoms with Gasteiger partial charge in [0.15, 0.2) is 0 Å². The van der Waals surface area contributed by atoms with Crippen LogP contribution in [0.3, 0.4) is 0 Å². The fraction of sp³-hybridized carbons (Fsp3) is 0.562. The molecule has 3 aliphatic rings. The summed E-state index contributed by atoms with van der Waals surface area (Å²) in [6.45, 7) is 0.893. The topological polar surface area (TPSA) is 29.1 Å². The Balaban J connectivity index is 1.44. The molecule has 0 bridgehead atoms. The van der Waals surface area contributed by atoms with Crippen molar-refractivity contribution in [2.24, 2.45) is 11.8 Å². The summed E-state index contributed by atoms with van der Waals surface area (Å²) < 4.78 is 0. The van der Waals surface area contributed by atoms with E-state index in [1.807, 2.05) is 0 Å². The third-order valence-electron chi connectivity index (χ3n) is 5.10. The van der Waals surface area contributed by atoms with Crippen LogP contribution in [0.5, 0.6) is 0 Å². The number of rotatable bonds is 3. The minimum atomic E-state index is 0.295. The smallest absolute Gasteiger partial charge is 0.223 e. The summed E-state index contributed by atoms with van der Waals surface area (Å²) in [4.78, 5) is 11.7. The Kier molecular flexibility index (Phi) is 2.12. The van der Waals surface area contributed by atoms with Gasteiger partial charge >= 0.3 is 0 Å². The maximum Gasteiger partial charge on any atom is 0.223 e. The van der Waals surface area contributed by atoms with E-state index in [4.69, 9.17) is 0 Å². The number of aryl methyl sites for hydroxylation is 1. The van der Waals surface area contributed by atoms with Crippen molar-refractivity contribution in [3.05, 3.63) is 35.4 Å². The molecule has 0 heterocycles. The molecule has 18 heavy (non-hydrogen) atoms. The second-order valence-corrected chi connectivity index (χ2v) is 6.23. The zero-order valence-corrected chi connectivity index (χ0v) is 10.6. The molecule has 0 saturated heterocycles. The van der Waals surface area contributed by atoms with Crippen molar-refractivity contribution in [3.8, 4) is 0 Å². The van der Waals surface area contributed by atoms with Gasteiger partial charge in [0.25, 0.3) is 0 Å². The predicted octanol–water partition coefficient (Wildman–Crippen LogP) is 2.42. The van der Waals surface area contributed by atoms with Crippen LogP contribution < -0.4 is 5.32 Å². The average molecular weight is 241 g/mol. The highest BCUT2D eigenvalue weighted by Gasteiger charge is 2.57. The highest BCUT2D eigenvalue weighted by atomic mass is 16.2. The first-order valence-corrected chi connectivity index (χ1v) is 7.16. The largest absolute Gasteiger partial charge is 0.356 e. The molecule has 3 aliphatic carbocycles. The van der Waals surface area contributed by atoms with E-state index in [0.717, 1.165) is 19.4 Å². The third kappa shape index (κ3) is 1.51. The Bertz CT molecular complexity index is 506. The molecule has 1 N–H and O–H groups in total. The van der Waals surface area contributed by atoms with Crippen molar-refractivity contribution in [2.45, 2.75) is 37.5 Å². The molecule has 0 radical (unpaired) electrons. The summed E-state index contributed by atoms with van der Waals surface area (Å²) in [5, 5.41) is 3.15. The van der Waals surface area contributed by atoms with Crippen LogP contribution in [0.4, 0.5) is 0 Å². The van der Waals surface area contributed by atoms with Crippen LogP contribution in [-0.4, -0.2) is 12.5 Å². The SMILES string of the molecule is O=C(NCC1CC12CCc1ccccc12)C1CC1. The van der Waals surface area contributed by atoms with Gasteiger partial charge in [0.2, 0.25) is 5.91 Å². The van der Waals surface area contributed by atoms with Crippen LogP contribution in [0.2, 0.25) is 0 Å². The zero-order chi connectivity index (χ0) is 12.2. The van der Waals surface area contributed by atoms with Crippen molar-refractivity contribution in [2.75, 3.05) is 6.54 Å². The molecular weight excluding hydrogens is 222 g/mol. The van der Waals surface area contributed by atoms with Crippen molar-refractivity contribution in [3.63, 3.8) is 0 Å². The lowest BCUT2D eigenvalue weighted by molar-refractivity contribution is -0.122. The van der Waals surface area contributed by atoms with Gasteiger partial charge in [-0.15, -0.1) is 0 Å². The molecule has 1 aromatic rings. The fourth-order valence-corrected chi connectivity index (χ4v) is 3.71. The number of carbonyl (C=O) groups is 1. The van der Waals surface area contributed by atoms with Gasteiger partial charge in [-0.1, -0.05) is 24.3 Å². The van der Waals surface area contributed by atoms with Crippen molar-refractivity contribution < 1.29 is 4.79 Å². The van der Waals surface area contributed by atoms with Gasteiger partial charge in [-0.2, -0.15) is 0 Å². The first-order chi connectivity index (χ1) is 8.79. The lowest BCUT2D eigenvalue weighted by atomic mass is 9.95. The molecular formula is C16H19NO. The van der Waals surface area contributed by atoms with Crippen LogP contribution in [0.15, 0.2) is 24.3 Å². The molecule has 2 unspecified atom stereocenters. The summed E-state index contributed by atoms with van der Waals surface area (Å²) in [6, 6.07) is 8.86. The number of amides is 1. The van der Waals surface area contributed by atoms with Gasteiger partial charge in [0.05, 0.1) is 0 Å². The lowest BCUT2D eigenvalue weighted by Gasteiger charge is -2.12. The highest BCUT2D eigenvalue weighted by molar-refractivity contribution is 5.80. The Morgan fingerprint density at radius 3 is 3.00 bits per heavy atom. The van der Waals surface area contributed by atoms with E-state index in [-0.39, 0.29) is 0 Å². The predicted molar refractivity (Wildman–Crippen MR) is 70.3 cm³/mol. The number of hydrogen-bond donors (Lipinski definition) is 1. The number of carbonyl (C=O) groups excluding carboxylic acids is 1. The Morgan fingerprint density at radius 1 is 1.33 bits per heavy atom. The van der Waals surface area contributed by atoms with Gasteiger partial charge in [0.1, 0.15) is 0 Å². The van der Waals surface area contributed by atoms with E-state index in [9.17, 15) is 4.79 Å². The van der Waals surface area contributed by atoms with Crippen LogP contribution in [0, 0.1) is 11.8 Å². The average Bonchev–Trinajstić information content (AvgIpc) is 3.28. The van der Waals surface area contributed by atoms with E-state index in [1.165, 1.54) is 24.8 Å². The third-order valence-corrected chi connectivity index (χ3v) is 5.10. The maximum atomic E-state index is 11.7. The van der Waals surface area contributed by atoms with E-state index < -0.39 is 0 Å². The van der Waals surface area contributed by atoms with E-state index in [0.29, 0.717) is 23.2 Å². The highest BCUT2D eigenvalue weighted by Crippen LogP contribution is 2.61. The van der Waals surface area contributed by atoms with E-state index >= 15 is 0 Å². The molecule has 1 aromatic carbocycles. The normalized spacial score (nSPS) is 32.3. The number of benzene rings is 1. The molecule has 2 heteroatoms. The van der Waals surface area contributed by atoms with Gasteiger partial charge in [-0.3, -0.25) is 4.79 Å². The minimum absolute atomic E-state index is 0.295. The quantitative estimate of drug-likeness (QED) is 0.865. The van der Waals surface area contributed by atoms with Crippen LogP contribution in [0.1, 0.15) is 36.8 Å². The summed E-state index contributed by atoms with van der Waals surface area (Å²) in [5.41, 5.74) is 3.53. The monoisotopic (exact) mass is 241 g/mol. The second kappa shape index (κ2) is 3.59. The van der Waals surface area contributed by atoms with Crippen LogP contribution in [0.25, 0.3) is 0 Å². The first kappa shape index (κ1) is 10.6. The number of hydrogen-bond acceptors (Lipinski definition) is 1. The molecule has 1 amide bonds. The molecule has 4 rings (SSSR count). The second-order valence-electron chi connectivity index (χ2n) is 6.23. The molecule has 0 aliphatic heterocycles. The maximum absolute atomic E-state index is 11.7. The molecule has 94 valence electrons. The van der Waals surface area contributed by atoms with E-state index in [2.05, 4.69) is 29.6 Å². The molecule has 2 saturated carbocycles. The minimum Gasteiger partial charge on any atom is -0.356 e. The van der Waals surface area contributed by atoms with E-state index in [1.54, 1.807) is 5.56 Å². The summed E-state index contributed by atoms with van der Waals surface area (Å²) >= 11 is 0. The van der Waals surface area contributed by atoms with Gasteiger partial charge in [0, 0.05) is 17.9 Å². The molecule has 0 aromatic heterocycles. The van der Waals surface area contributed by atoms with Gasteiger partial charge < -0.3 is 5.32 Å². The van der Waals surface area contributed by atoms with Crippen LogP contribution >= 0.6 is 0 Å². The van der Waals surface area contributed by atoms with Gasteiger partial charge in [-0.05, 0) is 49.1 Å². The summed E-state index contributed by atoms with van der Waals surface area (Å²) in [5.74, 6) is 1.32. The standard InChI is InChI=1S/C16H19NO/c18-15(12-5-6-12)17-10-13-9-16(13)8-7-11-3-1-2-4-14(11)16/h1-4,12-13H,5-10H2,(H,17,18). The fourth-order valence-electron chi connectivity index (χ4n) is 3.71. The van der Waals surface area contributed by atoms with Crippen LogP contribution in [-0.2, 0) is 16.6 Å². The van der Waals surface area contributed by atoms with Crippen molar-refractivity contribution in [1.29, 1.82) is 0 Å². The first-order valence-electron chi connectivity index (χ1n) is 7.16. The molecule has 2 atom stereocenters. The Morgan fingerprint density at radius 2 is 2.17 bits per heavy atom. The number of nitrogens with one attached hydrogen (secondary N) is 1. The molecule has 1 spiro atoms. The summed E-state index contributed by atoms with van der Waals surface area (Å²) in [6.07, 6.45) is 5.99. The Hall–Kier alpha value is -1.31. The lowest BCUT2D eigenvalue weighted by Crippen LogP contribution is -2.28. The van der Waals surface area contributed by atoms with Crippen molar-refractivity contribution >= 4 is 5.91 Å². The molecule has 2 fully saturated rings. The molecule has 2 nitrogen and oxygen atoms in total. The van der Waals surface area contributed by atoms with Gasteiger partial charge in [-0.25, -0.2) is 0 Å². The summed E-state index contributed by atoms with van der Waals surface area (Å²) in [7, 11) is 0. The van der Waals surface area contributed by atoms with Crippen molar-refractivity contribution in [1.82, 2.24) is 5.32 Å². The Labute approximate surface area is 108 Å².